The molecule has 140 valence electrons. The summed E-state index contributed by atoms with van der Waals surface area (Å²) in [5, 5.41) is 9.06. The van der Waals surface area contributed by atoms with E-state index in [1.54, 1.807) is 14.2 Å². The highest BCUT2D eigenvalue weighted by atomic mass is 16.5. The van der Waals surface area contributed by atoms with Crippen molar-refractivity contribution in [2.75, 3.05) is 33.9 Å². The van der Waals surface area contributed by atoms with Crippen LogP contribution in [0.5, 0.6) is 5.75 Å². The van der Waals surface area contributed by atoms with Crippen molar-refractivity contribution in [3.63, 3.8) is 0 Å². The van der Waals surface area contributed by atoms with Gasteiger partial charge in [0.25, 0.3) is 0 Å². The summed E-state index contributed by atoms with van der Waals surface area (Å²) in [6.07, 6.45) is 0. The normalized spacial score (nSPS) is 11.8. The lowest BCUT2D eigenvalue weighted by Crippen LogP contribution is -2.48. The Morgan fingerprint density at radius 2 is 1.80 bits per heavy atom. The lowest BCUT2D eigenvalue weighted by atomic mass is 10.1. The van der Waals surface area contributed by atoms with E-state index in [-0.39, 0.29) is 18.0 Å². The molecule has 0 saturated heterocycles. The van der Waals surface area contributed by atoms with Gasteiger partial charge in [0.15, 0.2) is 5.96 Å². The average Bonchev–Trinajstić information content (AvgIpc) is 2.55. The van der Waals surface area contributed by atoms with Gasteiger partial charge in [-0.15, -0.1) is 0 Å². The van der Waals surface area contributed by atoms with Crippen LogP contribution in [0.25, 0.3) is 0 Å². The third-order valence-corrected chi connectivity index (χ3v) is 3.09. The topological polar surface area (TPSA) is 84.0 Å². The van der Waals surface area contributed by atoms with E-state index in [2.05, 4.69) is 20.9 Å². The SMILES string of the molecule is CN=C(NCC(=O)NC(C)(C)C)NCc1ccc(OCCOC)cc1. The van der Waals surface area contributed by atoms with E-state index in [0.717, 1.165) is 11.3 Å². The number of hydrogen-bond donors (Lipinski definition) is 3. The van der Waals surface area contributed by atoms with Crippen LogP contribution < -0.4 is 20.7 Å². The maximum atomic E-state index is 11.8. The van der Waals surface area contributed by atoms with Crippen LogP contribution >= 0.6 is 0 Å². The van der Waals surface area contributed by atoms with Gasteiger partial charge < -0.3 is 25.4 Å². The molecule has 0 aliphatic carbocycles. The van der Waals surface area contributed by atoms with Gasteiger partial charge >= 0.3 is 0 Å². The second kappa shape index (κ2) is 10.6. The second-order valence-corrected chi connectivity index (χ2v) is 6.56. The van der Waals surface area contributed by atoms with Crippen molar-refractivity contribution in [3.8, 4) is 5.75 Å². The Bertz CT molecular complexity index is 550. The zero-order chi connectivity index (χ0) is 18.7. The minimum atomic E-state index is -0.247. The molecular weight excluding hydrogens is 320 g/mol. The van der Waals surface area contributed by atoms with Crippen LogP contribution in [-0.2, 0) is 16.1 Å². The maximum Gasteiger partial charge on any atom is 0.239 e. The summed E-state index contributed by atoms with van der Waals surface area (Å²) in [4.78, 5) is 15.9. The Kier molecular flexibility index (Phi) is 8.77. The molecule has 1 aromatic carbocycles. The highest BCUT2D eigenvalue weighted by molar-refractivity contribution is 5.86. The summed E-state index contributed by atoms with van der Waals surface area (Å²) in [6.45, 7) is 7.69. The molecule has 0 bridgehead atoms. The fourth-order valence-corrected chi connectivity index (χ4v) is 1.98. The summed E-state index contributed by atoms with van der Waals surface area (Å²) >= 11 is 0. The van der Waals surface area contributed by atoms with E-state index in [1.165, 1.54) is 0 Å². The number of guanidine groups is 1. The molecule has 3 N–H and O–H groups in total. The fraction of sp³-hybridized carbons (Fsp3) is 0.556. The predicted molar refractivity (Wildman–Crippen MR) is 99.9 cm³/mol. The smallest absolute Gasteiger partial charge is 0.239 e. The van der Waals surface area contributed by atoms with Crippen molar-refractivity contribution in [1.29, 1.82) is 0 Å². The number of carbonyl (C=O) groups excluding carboxylic acids is 1. The first-order chi connectivity index (χ1) is 11.8. The minimum Gasteiger partial charge on any atom is -0.491 e. The van der Waals surface area contributed by atoms with Crippen molar-refractivity contribution >= 4 is 11.9 Å². The first kappa shape index (κ1) is 20.8. The zero-order valence-electron chi connectivity index (χ0n) is 15.8. The molecule has 0 atom stereocenters. The molecule has 1 amide bonds. The fourth-order valence-electron chi connectivity index (χ4n) is 1.98. The Hall–Kier alpha value is -2.28. The number of amides is 1. The van der Waals surface area contributed by atoms with E-state index in [1.807, 2.05) is 45.0 Å². The Morgan fingerprint density at radius 1 is 1.12 bits per heavy atom. The lowest BCUT2D eigenvalue weighted by molar-refractivity contribution is -0.121. The summed E-state index contributed by atoms with van der Waals surface area (Å²) < 4.78 is 10.5. The van der Waals surface area contributed by atoms with Crippen molar-refractivity contribution in [2.45, 2.75) is 32.9 Å². The van der Waals surface area contributed by atoms with E-state index < -0.39 is 0 Å². The Morgan fingerprint density at radius 3 is 2.36 bits per heavy atom. The summed E-state index contributed by atoms with van der Waals surface area (Å²) in [5.74, 6) is 1.31. The number of nitrogens with one attached hydrogen (secondary N) is 3. The number of carbonyl (C=O) groups is 1. The molecule has 1 aromatic rings. The number of rotatable bonds is 8. The minimum absolute atomic E-state index is 0.0759. The lowest BCUT2D eigenvalue weighted by Gasteiger charge is -2.21. The molecule has 0 heterocycles. The Balaban J connectivity index is 2.38. The zero-order valence-corrected chi connectivity index (χ0v) is 15.8. The predicted octanol–water partition coefficient (Wildman–Crippen LogP) is 1.29. The molecule has 7 heteroatoms. The van der Waals surface area contributed by atoms with Crippen molar-refractivity contribution < 1.29 is 14.3 Å². The van der Waals surface area contributed by atoms with E-state index in [0.29, 0.717) is 25.7 Å². The largest absolute Gasteiger partial charge is 0.491 e. The first-order valence-corrected chi connectivity index (χ1v) is 8.30. The summed E-state index contributed by atoms with van der Waals surface area (Å²) in [7, 11) is 3.32. The number of aliphatic imine (C=N–C) groups is 1. The molecule has 0 spiro atoms. The van der Waals surface area contributed by atoms with Gasteiger partial charge in [-0.05, 0) is 38.5 Å². The number of hydrogen-bond acceptors (Lipinski definition) is 4. The third kappa shape index (κ3) is 9.56. The third-order valence-electron chi connectivity index (χ3n) is 3.09. The number of ether oxygens (including phenoxy) is 2. The van der Waals surface area contributed by atoms with Gasteiger partial charge in [-0.2, -0.15) is 0 Å². The molecule has 0 saturated carbocycles. The monoisotopic (exact) mass is 350 g/mol. The Labute approximate surface area is 150 Å². The van der Waals surface area contributed by atoms with Gasteiger partial charge in [0.1, 0.15) is 12.4 Å². The van der Waals surface area contributed by atoms with Crippen LogP contribution in [0.2, 0.25) is 0 Å². The molecule has 0 unspecified atom stereocenters. The average molecular weight is 350 g/mol. The van der Waals surface area contributed by atoms with Crippen LogP contribution in [0.3, 0.4) is 0 Å². The number of nitrogens with zero attached hydrogens (tertiary/aromatic N) is 1. The van der Waals surface area contributed by atoms with E-state index >= 15 is 0 Å². The quantitative estimate of drug-likeness (QED) is 0.374. The molecule has 25 heavy (non-hydrogen) atoms. The van der Waals surface area contributed by atoms with Crippen LogP contribution in [0.15, 0.2) is 29.3 Å². The first-order valence-electron chi connectivity index (χ1n) is 8.30. The van der Waals surface area contributed by atoms with Crippen LogP contribution in [0, 0.1) is 0 Å². The molecule has 0 fully saturated rings. The van der Waals surface area contributed by atoms with E-state index in [9.17, 15) is 4.79 Å². The highest BCUT2D eigenvalue weighted by Gasteiger charge is 2.13. The van der Waals surface area contributed by atoms with Crippen molar-refractivity contribution in [1.82, 2.24) is 16.0 Å². The molecule has 0 aliphatic rings. The van der Waals surface area contributed by atoms with Crippen LogP contribution in [-0.4, -0.2) is 51.3 Å². The maximum absolute atomic E-state index is 11.8. The van der Waals surface area contributed by atoms with Crippen LogP contribution in [0.1, 0.15) is 26.3 Å². The summed E-state index contributed by atoms with van der Waals surface area (Å²) in [6, 6.07) is 7.79. The summed E-state index contributed by atoms with van der Waals surface area (Å²) in [5.41, 5.74) is 0.837. The van der Waals surface area contributed by atoms with Gasteiger partial charge in [-0.3, -0.25) is 9.79 Å². The molecule has 0 aliphatic heterocycles. The molecule has 0 radical (unpaired) electrons. The number of benzene rings is 1. The van der Waals surface area contributed by atoms with Gasteiger partial charge in [-0.25, -0.2) is 0 Å². The van der Waals surface area contributed by atoms with Crippen molar-refractivity contribution in [2.24, 2.45) is 4.99 Å². The van der Waals surface area contributed by atoms with E-state index in [4.69, 9.17) is 9.47 Å². The molecule has 0 aromatic heterocycles. The molecular formula is C18H30N4O3. The van der Waals surface area contributed by atoms with Crippen molar-refractivity contribution in [3.05, 3.63) is 29.8 Å². The highest BCUT2D eigenvalue weighted by Crippen LogP contribution is 2.11. The van der Waals surface area contributed by atoms with Crippen LogP contribution in [0.4, 0.5) is 0 Å². The second-order valence-electron chi connectivity index (χ2n) is 6.56. The number of methoxy groups -OCH3 is 1. The molecule has 1 rings (SSSR count). The van der Waals surface area contributed by atoms with Gasteiger partial charge in [-0.1, -0.05) is 12.1 Å². The van der Waals surface area contributed by atoms with Gasteiger partial charge in [0.05, 0.1) is 13.2 Å². The van der Waals surface area contributed by atoms with Gasteiger partial charge in [0.2, 0.25) is 5.91 Å². The standard InChI is InChI=1S/C18H30N4O3/c1-18(2,3)22-16(23)13-21-17(19-4)20-12-14-6-8-15(9-7-14)25-11-10-24-5/h6-9H,10-13H2,1-5H3,(H,22,23)(H2,19,20,21). The van der Waals surface area contributed by atoms with Gasteiger partial charge in [0, 0.05) is 26.2 Å². The molecule has 7 nitrogen and oxygen atoms in total.